The zero-order chi connectivity index (χ0) is 10.8. The predicted molar refractivity (Wildman–Crippen MR) is 48.9 cm³/mol. The van der Waals surface area contributed by atoms with Crippen LogP contribution in [0.5, 0.6) is 0 Å². The number of likely N-dealkylation sites (tertiary alicyclic amines) is 1. The summed E-state index contributed by atoms with van der Waals surface area (Å²) in [6, 6.07) is 0.0342. The molecule has 5 heteroatoms. The quantitative estimate of drug-likeness (QED) is 0.750. The second-order valence-electron chi connectivity index (χ2n) is 4.23. The van der Waals surface area contributed by atoms with Crippen molar-refractivity contribution in [1.82, 2.24) is 4.90 Å². The normalized spacial score (nSPS) is 30.6. The van der Waals surface area contributed by atoms with Crippen LogP contribution in [0.25, 0.3) is 0 Å². The lowest BCUT2D eigenvalue weighted by Gasteiger charge is -2.34. The van der Waals surface area contributed by atoms with E-state index in [-0.39, 0.29) is 12.6 Å². The largest absolute Gasteiger partial charge is 0.390 e. The molecule has 1 aliphatic rings. The number of piperidine rings is 1. The molecule has 0 aromatic heterocycles. The van der Waals surface area contributed by atoms with Gasteiger partial charge < -0.3 is 10.6 Å². The van der Waals surface area contributed by atoms with E-state index in [0.29, 0.717) is 12.5 Å². The molecule has 1 heterocycles. The van der Waals surface area contributed by atoms with Crippen LogP contribution in [0.4, 0.5) is 13.2 Å². The van der Waals surface area contributed by atoms with Crippen LogP contribution in [0.2, 0.25) is 0 Å². The van der Waals surface area contributed by atoms with Crippen LogP contribution in [0.1, 0.15) is 19.8 Å². The molecule has 84 valence electrons. The van der Waals surface area contributed by atoms with E-state index in [1.807, 2.05) is 11.8 Å². The summed E-state index contributed by atoms with van der Waals surface area (Å²) in [6.45, 7) is 3.45. The molecule has 0 aromatic carbocycles. The van der Waals surface area contributed by atoms with Crippen molar-refractivity contribution in [3.8, 4) is 0 Å². The van der Waals surface area contributed by atoms with Crippen LogP contribution >= 0.6 is 0 Å². The molecule has 2 unspecified atom stereocenters. The Morgan fingerprint density at radius 3 is 2.50 bits per heavy atom. The first-order chi connectivity index (χ1) is 6.37. The summed E-state index contributed by atoms with van der Waals surface area (Å²) in [6.07, 6.45) is -3.86. The monoisotopic (exact) mass is 210 g/mol. The Morgan fingerprint density at radius 1 is 1.36 bits per heavy atom. The van der Waals surface area contributed by atoms with E-state index in [0.717, 1.165) is 13.0 Å². The van der Waals surface area contributed by atoms with Gasteiger partial charge in [-0.1, -0.05) is 6.92 Å². The highest BCUT2D eigenvalue weighted by Crippen LogP contribution is 2.22. The number of alkyl halides is 3. The lowest BCUT2D eigenvalue weighted by atomic mass is 9.96. The standard InChI is InChI=1S/C9H17F3N2/c1-7-4-8(13)6-14(5-7)3-2-9(10,11)12/h7-8H,2-6,13H2,1H3. The smallest absolute Gasteiger partial charge is 0.327 e. The minimum Gasteiger partial charge on any atom is -0.327 e. The topological polar surface area (TPSA) is 29.3 Å². The molecule has 2 N–H and O–H groups in total. The maximum atomic E-state index is 11.9. The highest BCUT2D eigenvalue weighted by atomic mass is 19.4. The maximum Gasteiger partial charge on any atom is 0.390 e. The molecular formula is C9H17F3N2. The summed E-state index contributed by atoms with van der Waals surface area (Å²) < 4.78 is 35.8. The van der Waals surface area contributed by atoms with Gasteiger partial charge in [0.2, 0.25) is 0 Å². The van der Waals surface area contributed by atoms with Gasteiger partial charge in [-0.15, -0.1) is 0 Å². The molecule has 1 saturated heterocycles. The maximum absolute atomic E-state index is 11.9. The van der Waals surface area contributed by atoms with Crippen LogP contribution in [0, 0.1) is 5.92 Å². The summed E-state index contributed by atoms with van der Waals surface area (Å²) in [4.78, 5) is 1.81. The lowest BCUT2D eigenvalue weighted by molar-refractivity contribution is -0.138. The minimum absolute atomic E-state index is 0.0342. The number of hydrogen-bond donors (Lipinski definition) is 1. The SMILES string of the molecule is CC1CC(N)CN(CCC(F)(F)F)C1. The number of nitrogens with two attached hydrogens (primary N) is 1. The Labute approximate surface area is 82.2 Å². The Hall–Kier alpha value is -0.290. The Balaban J connectivity index is 2.30. The van der Waals surface area contributed by atoms with Crippen molar-refractivity contribution in [3.63, 3.8) is 0 Å². The molecule has 14 heavy (non-hydrogen) atoms. The first kappa shape index (κ1) is 11.8. The predicted octanol–water partition coefficient (Wildman–Crippen LogP) is 1.61. The second-order valence-corrected chi connectivity index (χ2v) is 4.23. The van der Waals surface area contributed by atoms with Crippen LogP contribution in [-0.2, 0) is 0 Å². The van der Waals surface area contributed by atoms with Crippen molar-refractivity contribution in [2.45, 2.75) is 32.0 Å². The first-order valence-corrected chi connectivity index (χ1v) is 4.91. The van der Waals surface area contributed by atoms with Gasteiger partial charge in [0.05, 0.1) is 6.42 Å². The fraction of sp³-hybridized carbons (Fsp3) is 1.00. The van der Waals surface area contributed by atoms with Crippen LogP contribution in [-0.4, -0.2) is 36.8 Å². The number of hydrogen-bond acceptors (Lipinski definition) is 2. The summed E-state index contributed by atoms with van der Waals surface area (Å²) in [5, 5.41) is 0. The van der Waals surface area contributed by atoms with Gasteiger partial charge in [0.25, 0.3) is 0 Å². The van der Waals surface area contributed by atoms with E-state index in [1.54, 1.807) is 0 Å². The van der Waals surface area contributed by atoms with Crippen molar-refractivity contribution in [1.29, 1.82) is 0 Å². The molecule has 0 aliphatic carbocycles. The summed E-state index contributed by atoms with van der Waals surface area (Å²) in [5.74, 6) is 0.409. The van der Waals surface area contributed by atoms with Gasteiger partial charge >= 0.3 is 6.18 Å². The van der Waals surface area contributed by atoms with E-state index >= 15 is 0 Å². The van der Waals surface area contributed by atoms with Crippen LogP contribution < -0.4 is 5.73 Å². The zero-order valence-electron chi connectivity index (χ0n) is 8.35. The third-order valence-electron chi connectivity index (χ3n) is 2.48. The molecule has 0 spiro atoms. The molecule has 0 saturated carbocycles. The molecular weight excluding hydrogens is 193 g/mol. The highest BCUT2D eigenvalue weighted by molar-refractivity contribution is 4.79. The Morgan fingerprint density at radius 2 is 2.00 bits per heavy atom. The third-order valence-corrected chi connectivity index (χ3v) is 2.48. The van der Waals surface area contributed by atoms with Crippen molar-refractivity contribution in [2.24, 2.45) is 11.7 Å². The van der Waals surface area contributed by atoms with E-state index in [1.165, 1.54) is 0 Å². The van der Waals surface area contributed by atoms with Crippen molar-refractivity contribution >= 4 is 0 Å². The summed E-state index contributed by atoms with van der Waals surface area (Å²) >= 11 is 0. The molecule has 0 amide bonds. The number of nitrogens with zero attached hydrogens (tertiary/aromatic N) is 1. The van der Waals surface area contributed by atoms with Gasteiger partial charge in [0.15, 0.2) is 0 Å². The first-order valence-electron chi connectivity index (χ1n) is 4.91. The summed E-state index contributed by atoms with van der Waals surface area (Å²) in [7, 11) is 0. The molecule has 2 nitrogen and oxygen atoms in total. The van der Waals surface area contributed by atoms with Gasteiger partial charge in [0.1, 0.15) is 0 Å². The number of halogens is 3. The van der Waals surface area contributed by atoms with E-state index in [4.69, 9.17) is 5.73 Å². The third kappa shape index (κ3) is 4.28. The highest BCUT2D eigenvalue weighted by Gasteiger charge is 2.29. The van der Waals surface area contributed by atoms with Crippen molar-refractivity contribution in [3.05, 3.63) is 0 Å². The summed E-state index contributed by atoms with van der Waals surface area (Å²) in [5.41, 5.74) is 5.73. The van der Waals surface area contributed by atoms with Crippen molar-refractivity contribution in [2.75, 3.05) is 19.6 Å². The van der Waals surface area contributed by atoms with Crippen LogP contribution in [0.15, 0.2) is 0 Å². The average molecular weight is 210 g/mol. The van der Waals surface area contributed by atoms with Gasteiger partial charge in [-0.05, 0) is 12.3 Å². The van der Waals surface area contributed by atoms with Gasteiger partial charge in [-0.25, -0.2) is 0 Å². The molecule has 0 radical (unpaired) electrons. The Bertz CT molecular complexity index is 171. The fourth-order valence-corrected chi connectivity index (χ4v) is 1.98. The molecule has 1 rings (SSSR count). The fourth-order valence-electron chi connectivity index (χ4n) is 1.98. The van der Waals surface area contributed by atoms with E-state index in [9.17, 15) is 13.2 Å². The van der Waals surface area contributed by atoms with Crippen molar-refractivity contribution < 1.29 is 13.2 Å². The number of rotatable bonds is 2. The average Bonchev–Trinajstić information content (AvgIpc) is 1.97. The molecule has 0 aromatic rings. The zero-order valence-corrected chi connectivity index (χ0v) is 8.35. The van der Waals surface area contributed by atoms with Crippen LogP contribution in [0.3, 0.4) is 0 Å². The minimum atomic E-state index is -4.05. The molecule has 2 atom stereocenters. The molecule has 1 fully saturated rings. The van der Waals surface area contributed by atoms with E-state index in [2.05, 4.69) is 0 Å². The lowest BCUT2D eigenvalue weighted by Crippen LogP contribution is -2.47. The molecule has 1 aliphatic heterocycles. The van der Waals surface area contributed by atoms with Gasteiger partial charge in [0, 0.05) is 25.7 Å². The second kappa shape index (κ2) is 4.49. The van der Waals surface area contributed by atoms with Gasteiger partial charge in [-0.2, -0.15) is 13.2 Å². The molecule has 0 bridgehead atoms. The van der Waals surface area contributed by atoms with Gasteiger partial charge in [-0.3, -0.25) is 0 Å². The van der Waals surface area contributed by atoms with E-state index < -0.39 is 12.6 Å². The Kier molecular flexibility index (Phi) is 3.78.